The van der Waals surface area contributed by atoms with Crippen molar-refractivity contribution in [1.82, 2.24) is 0 Å². The molecule has 6 atom stereocenters. The number of aliphatic hydroxyl groups excluding tert-OH is 1. The number of ether oxygens (including phenoxy) is 1. The third-order valence-corrected chi connectivity index (χ3v) is 6.36. The summed E-state index contributed by atoms with van der Waals surface area (Å²) >= 11 is 0. The molecule has 136 valence electrons. The van der Waals surface area contributed by atoms with E-state index in [1.54, 1.807) is 0 Å². The fourth-order valence-electron chi connectivity index (χ4n) is 4.96. The van der Waals surface area contributed by atoms with Crippen LogP contribution in [0.2, 0.25) is 0 Å². The third kappa shape index (κ3) is 3.40. The molecule has 3 aliphatic rings. The minimum atomic E-state index is -0.382. The molecule has 0 spiro atoms. The van der Waals surface area contributed by atoms with Crippen LogP contribution in [0.4, 0.5) is 5.69 Å². The van der Waals surface area contributed by atoms with Gasteiger partial charge in [-0.05, 0) is 74.6 Å². The highest BCUT2D eigenvalue weighted by molar-refractivity contribution is 5.93. The van der Waals surface area contributed by atoms with Crippen molar-refractivity contribution in [1.29, 1.82) is 0 Å². The maximum absolute atomic E-state index is 12.6. The molecule has 0 heterocycles. The largest absolute Gasteiger partial charge is 0.488 e. The molecule has 6 unspecified atom stereocenters. The van der Waals surface area contributed by atoms with E-state index < -0.39 is 0 Å². The van der Waals surface area contributed by atoms with Crippen LogP contribution in [0.25, 0.3) is 0 Å². The Morgan fingerprint density at radius 3 is 2.48 bits per heavy atom. The van der Waals surface area contributed by atoms with Crippen molar-refractivity contribution in [3.8, 4) is 5.75 Å². The molecule has 3 fully saturated rings. The molecule has 0 radical (unpaired) electrons. The molecule has 1 aromatic carbocycles. The van der Waals surface area contributed by atoms with Gasteiger partial charge in [0.15, 0.2) is 0 Å². The lowest BCUT2D eigenvalue weighted by Crippen LogP contribution is -2.42. The molecule has 0 saturated heterocycles. The van der Waals surface area contributed by atoms with Gasteiger partial charge in [-0.15, -0.1) is 0 Å². The van der Waals surface area contributed by atoms with Gasteiger partial charge in [-0.25, -0.2) is 0 Å². The van der Waals surface area contributed by atoms with Crippen LogP contribution < -0.4 is 15.8 Å². The Labute approximate surface area is 148 Å². The maximum Gasteiger partial charge on any atom is 0.229 e. The lowest BCUT2D eigenvalue weighted by atomic mass is 9.84. The van der Waals surface area contributed by atoms with Gasteiger partial charge >= 0.3 is 0 Å². The molecule has 3 saturated carbocycles. The lowest BCUT2D eigenvalue weighted by Gasteiger charge is -2.28. The summed E-state index contributed by atoms with van der Waals surface area (Å²) < 4.78 is 5.90. The Morgan fingerprint density at radius 1 is 1.08 bits per heavy atom. The van der Waals surface area contributed by atoms with Crippen LogP contribution in [0.3, 0.4) is 0 Å². The number of nitrogens with one attached hydrogen (secondary N) is 1. The van der Waals surface area contributed by atoms with E-state index in [9.17, 15) is 9.90 Å². The Balaban J connectivity index is 1.35. The SMILES string of the molecule is NC1C2CCC(C2)C1C(=O)Nc1ccc(OC2CCCCC2O)cc1. The molecule has 2 bridgehead atoms. The van der Waals surface area contributed by atoms with Crippen molar-refractivity contribution < 1.29 is 14.6 Å². The first-order valence-electron chi connectivity index (χ1n) is 9.63. The zero-order valence-corrected chi connectivity index (χ0v) is 14.6. The fraction of sp³-hybridized carbons (Fsp3) is 0.650. The van der Waals surface area contributed by atoms with Crippen LogP contribution in [-0.4, -0.2) is 29.3 Å². The predicted octanol–water partition coefficient (Wildman–Crippen LogP) is 2.68. The second-order valence-electron chi connectivity index (χ2n) is 7.96. The zero-order valence-electron chi connectivity index (χ0n) is 14.6. The van der Waals surface area contributed by atoms with E-state index in [2.05, 4.69) is 5.32 Å². The molecule has 4 rings (SSSR count). The highest BCUT2D eigenvalue weighted by Crippen LogP contribution is 2.47. The van der Waals surface area contributed by atoms with Crippen molar-refractivity contribution in [2.75, 3.05) is 5.32 Å². The molecule has 25 heavy (non-hydrogen) atoms. The maximum atomic E-state index is 12.6. The number of amides is 1. The number of hydrogen-bond acceptors (Lipinski definition) is 4. The molecule has 5 heteroatoms. The van der Waals surface area contributed by atoms with Crippen molar-refractivity contribution in [2.45, 2.75) is 63.2 Å². The Kier molecular flexibility index (Phi) is 4.69. The molecule has 4 N–H and O–H groups in total. The van der Waals surface area contributed by atoms with E-state index in [0.717, 1.165) is 50.0 Å². The number of nitrogens with two attached hydrogens (primary N) is 1. The van der Waals surface area contributed by atoms with Gasteiger partial charge in [0.1, 0.15) is 11.9 Å². The first kappa shape index (κ1) is 16.9. The number of carbonyl (C=O) groups excluding carboxylic acids is 1. The van der Waals surface area contributed by atoms with Crippen LogP contribution in [0.5, 0.6) is 5.75 Å². The number of rotatable bonds is 4. The summed E-state index contributed by atoms with van der Waals surface area (Å²) in [4.78, 5) is 12.6. The van der Waals surface area contributed by atoms with E-state index in [4.69, 9.17) is 10.5 Å². The van der Waals surface area contributed by atoms with Gasteiger partial charge in [0.05, 0.1) is 12.0 Å². The number of fused-ring (bicyclic) bond motifs is 2. The van der Waals surface area contributed by atoms with Gasteiger partial charge in [-0.1, -0.05) is 6.42 Å². The zero-order chi connectivity index (χ0) is 17.4. The van der Waals surface area contributed by atoms with Gasteiger partial charge in [-0.3, -0.25) is 4.79 Å². The van der Waals surface area contributed by atoms with Gasteiger partial charge in [-0.2, -0.15) is 0 Å². The molecule has 3 aliphatic carbocycles. The van der Waals surface area contributed by atoms with Crippen LogP contribution in [0, 0.1) is 17.8 Å². The molecule has 5 nitrogen and oxygen atoms in total. The van der Waals surface area contributed by atoms with E-state index in [1.807, 2.05) is 24.3 Å². The molecular formula is C20H28N2O3. The van der Waals surface area contributed by atoms with Gasteiger partial charge < -0.3 is 20.9 Å². The first-order valence-corrected chi connectivity index (χ1v) is 9.63. The lowest BCUT2D eigenvalue weighted by molar-refractivity contribution is -0.121. The summed E-state index contributed by atoms with van der Waals surface area (Å²) in [6, 6.07) is 7.45. The topological polar surface area (TPSA) is 84.6 Å². The Hall–Kier alpha value is -1.59. The van der Waals surface area contributed by atoms with Crippen molar-refractivity contribution in [3.63, 3.8) is 0 Å². The minimum Gasteiger partial charge on any atom is -0.488 e. The number of aliphatic hydroxyl groups is 1. The highest BCUT2D eigenvalue weighted by Gasteiger charge is 2.49. The van der Waals surface area contributed by atoms with Crippen LogP contribution in [0.15, 0.2) is 24.3 Å². The number of benzene rings is 1. The van der Waals surface area contributed by atoms with Crippen LogP contribution in [-0.2, 0) is 4.79 Å². The molecule has 0 aliphatic heterocycles. The normalized spacial score (nSPS) is 37.0. The average Bonchev–Trinajstić information content (AvgIpc) is 3.19. The van der Waals surface area contributed by atoms with Gasteiger partial charge in [0.25, 0.3) is 0 Å². The summed E-state index contributed by atoms with van der Waals surface area (Å²) in [6.07, 6.45) is 6.77. The first-order chi connectivity index (χ1) is 12.1. The highest BCUT2D eigenvalue weighted by atomic mass is 16.5. The van der Waals surface area contributed by atoms with Gasteiger partial charge in [0, 0.05) is 11.7 Å². The van der Waals surface area contributed by atoms with Crippen molar-refractivity contribution >= 4 is 11.6 Å². The molecule has 0 aromatic heterocycles. The number of hydrogen-bond donors (Lipinski definition) is 3. The van der Waals surface area contributed by atoms with E-state index >= 15 is 0 Å². The molecule has 1 aromatic rings. The summed E-state index contributed by atoms with van der Waals surface area (Å²) in [5, 5.41) is 13.0. The smallest absolute Gasteiger partial charge is 0.229 e. The van der Waals surface area contributed by atoms with Crippen molar-refractivity contribution in [2.24, 2.45) is 23.5 Å². The summed E-state index contributed by atoms with van der Waals surface area (Å²) in [5.74, 6) is 1.72. The van der Waals surface area contributed by atoms with E-state index in [1.165, 1.54) is 6.42 Å². The van der Waals surface area contributed by atoms with Gasteiger partial charge in [0.2, 0.25) is 5.91 Å². The Bertz CT molecular complexity index is 616. The standard InChI is InChI=1S/C20H28N2O3/c21-19-13-6-5-12(11-13)18(19)20(24)22-14-7-9-15(10-8-14)25-17-4-2-1-3-16(17)23/h7-10,12-13,16-19,23H,1-6,11,21H2,(H,22,24). The minimum absolute atomic E-state index is 0.00847. The number of carbonyl (C=O) groups is 1. The van der Waals surface area contributed by atoms with E-state index in [-0.39, 0.29) is 30.1 Å². The summed E-state index contributed by atoms with van der Waals surface area (Å²) in [7, 11) is 0. The molecular weight excluding hydrogens is 316 g/mol. The second kappa shape index (κ2) is 6.96. The monoisotopic (exact) mass is 344 g/mol. The third-order valence-electron chi connectivity index (χ3n) is 6.36. The Morgan fingerprint density at radius 2 is 1.80 bits per heavy atom. The molecule has 1 amide bonds. The number of anilines is 1. The summed E-state index contributed by atoms with van der Waals surface area (Å²) in [6.45, 7) is 0. The van der Waals surface area contributed by atoms with Crippen LogP contribution >= 0.6 is 0 Å². The van der Waals surface area contributed by atoms with Crippen molar-refractivity contribution in [3.05, 3.63) is 24.3 Å². The summed E-state index contributed by atoms with van der Waals surface area (Å²) in [5.41, 5.74) is 7.03. The fourth-order valence-corrected chi connectivity index (χ4v) is 4.96. The predicted molar refractivity (Wildman–Crippen MR) is 96.3 cm³/mol. The van der Waals surface area contributed by atoms with E-state index in [0.29, 0.717) is 11.8 Å². The van der Waals surface area contributed by atoms with Crippen LogP contribution in [0.1, 0.15) is 44.9 Å². The average molecular weight is 344 g/mol. The quantitative estimate of drug-likeness (QED) is 0.784. The second-order valence-corrected chi connectivity index (χ2v) is 7.96.